The normalized spacial score (nSPS) is 31.0. The first-order valence-corrected chi connectivity index (χ1v) is 11.3. The first kappa shape index (κ1) is 24.2. The number of hydrogen-bond acceptors (Lipinski definition) is 7. The molecule has 1 aromatic rings. The van der Waals surface area contributed by atoms with Crippen LogP contribution in [0.4, 0.5) is 4.79 Å². The van der Waals surface area contributed by atoms with Gasteiger partial charge in [-0.15, -0.1) is 0 Å². The van der Waals surface area contributed by atoms with Crippen LogP contribution in [-0.2, 0) is 18.9 Å². The van der Waals surface area contributed by atoms with Gasteiger partial charge in [-0.3, -0.25) is 0 Å². The average molecular weight is 501 g/mol. The molecule has 7 nitrogen and oxygen atoms in total. The molecule has 0 saturated carbocycles. The van der Waals surface area contributed by atoms with E-state index in [2.05, 4.69) is 5.32 Å². The molecule has 3 rings (SSSR count). The molecule has 1 amide bonds. The third-order valence-corrected chi connectivity index (χ3v) is 6.12. The van der Waals surface area contributed by atoms with E-state index in [0.717, 1.165) is 10.5 Å². The summed E-state index contributed by atoms with van der Waals surface area (Å²) < 4.78 is 20.9. The number of benzene rings is 1. The van der Waals surface area contributed by atoms with E-state index in [4.69, 9.17) is 53.8 Å². The summed E-state index contributed by atoms with van der Waals surface area (Å²) in [5.41, 5.74) is 0.489. The number of thioether (sulfide) groups is 1. The number of fused-ring (bicyclic) bond motifs is 1. The summed E-state index contributed by atoms with van der Waals surface area (Å²) in [5, 5.41) is 13.7. The minimum Gasteiger partial charge on any atom is -0.445 e. The summed E-state index contributed by atoms with van der Waals surface area (Å²) in [5.74, 6) is -0.886. The average Bonchev–Trinajstić information content (AvgIpc) is 2.65. The standard InChI is InChI=1S/C19H24Cl3NO6S/c1-10-4-6-11(7-5-10)30-16-13(23-17(25)26-9-19(20,21)22)14(24)15-12(28-16)8-27-18(2,3)29-15/h4-7,12-16,24H,8-9H2,1-3H3,(H,23,25)/t12-,13-,14-,15-,16+/m1/s1. The van der Waals surface area contributed by atoms with Crippen LogP contribution in [0.15, 0.2) is 29.2 Å². The highest BCUT2D eigenvalue weighted by molar-refractivity contribution is 7.99. The van der Waals surface area contributed by atoms with Crippen LogP contribution >= 0.6 is 46.6 Å². The maximum Gasteiger partial charge on any atom is 0.407 e. The van der Waals surface area contributed by atoms with Gasteiger partial charge in [0.25, 0.3) is 0 Å². The van der Waals surface area contributed by atoms with Gasteiger partial charge in [-0.25, -0.2) is 4.79 Å². The molecule has 1 aromatic carbocycles. The molecule has 0 unspecified atom stereocenters. The van der Waals surface area contributed by atoms with Gasteiger partial charge in [0.2, 0.25) is 3.79 Å². The summed E-state index contributed by atoms with van der Waals surface area (Å²) in [6.07, 6.45) is -3.10. The lowest BCUT2D eigenvalue weighted by molar-refractivity contribution is -0.341. The van der Waals surface area contributed by atoms with Crippen LogP contribution in [0.3, 0.4) is 0 Å². The number of aryl methyl sites for hydroxylation is 1. The SMILES string of the molecule is Cc1ccc(S[C@@H]2O[C@@H]3COC(C)(C)O[C@H]3[C@H](O)[C@H]2NC(=O)OCC(Cl)(Cl)Cl)cc1. The van der Waals surface area contributed by atoms with Crippen LogP contribution in [0.5, 0.6) is 0 Å². The van der Waals surface area contributed by atoms with Gasteiger partial charge in [0.1, 0.15) is 30.4 Å². The molecule has 2 aliphatic rings. The number of hydrogen-bond donors (Lipinski definition) is 2. The number of ether oxygens (including phenoxy) is 4. The van der Waals surface area contributed by atoms with E-state index in [1.165, 1.54) is 11.8 Å². The Labute approximate surface area is 194 Å². The monoisotopic (exact) mass is 499 g/mol. The summed E-state index contributed by atoms with van der Waals surface area (Å²) in [6, 6.07) is 6.98. The quantitative estimate of drug-likeness (QED) is 0.608. The smallest absolute Gasteiger partial charge is 0.407 e. The Morgan fingerprint density at radius 3 is 2.63 bits per heavy atom. The van der Waals surface area contributed by atoms with Crippen molar-refractivity contribution in [3.8, 4) is 0 Å². The van der Waals surface area contributed by atoms with Crippen molar-refractivity contribution in [2.24, 2.45) is 0 Å². The van der Waals surface area contributed by atoms with Crippen LogP contribution < -0.4 is 5.32 Å². The van der Waals surface area contributed by atoms with Gasteiger partial charge in [-0.2, -0.15) is 0 Å². The fourth-order valence-corrected chi connectivity index (χ4v) is 4.47. The molecule has 2 fully saturated rings. The lowest BCUT2D eigenvalue weighted by Gasteiger charge is -2.49. The predicted octanol–water partition coefficient (Wildman–Crippen LogP) is 3.79. The van der Waals surface area contributed by atoms with Gasteiger partial charge in [0.15, 0.2) is 5.79 Å². The van der Waals surface area contributed by atoms with Gasteiger partial charge in [-0.05, 0) is 32.9 Å². The Balaban J connectivity index is 1.77. The minimum absolute atomic E-state index is 0.254. The summed E-state index contributed by atoms with van der Waals surface area (Å²) in [7, 11) is 0. The topological polar surface area (TPSA) is 86.3 Å². The summed E-state index contributed by atoms with van der Waals surface area (Å²) >= 11 is 18.3. The van der Waals surface area contributed by atoms with Crippen molar-refractivity contribution >= 4 is 52.7 Å². The molecular weight excluding hydrogens is 477 g/mol. The maximum atomic E-state index is 12.3. The molecule has 0 aromatic heterocycles. The van der Waals surface area contributed by atoms with Gasteiger partial charge < -0.3 is 29.4 Å². The summed E-state index contributed by atoms with van der Waals surface area (Å²) in [6.45, 7) is 5.31. The second-order valence-corrected chi connectivity index (χ2v) is 11.3. The number of alkyl carbamates (subject to hydrolysis) is 1. The predicted molar refractivity (Wildman–Crippen MR) is 115 cm³/mol. The Morgan fingerprint density at radius 2 is 2.00 bits per heavy atom. The molecule has 0 radical (unpaired) electrons. The zero-order chi connectivity index (χ0) is 22.1. The lowest BCUT2D eigenvalue weighted by atomic mass is 9.96. The molecule has 2 saturated heterocycles. The molecule has 11 heteroatoms. The summed E-state index contributed by atoms with van der Waals surface area (Å²) in [4.78, 5) is 13.2. The fourth-order valence-electron chi connectivity index (χ4n) is 3.17. The number of nitrogens with one attached hydrogen (secondary N) is 1. The van der Waals surface area contributed by atoms with Crippen molar-refractivity contribution in [3.05, 3.63) is 29.8 Å². The fraction of sp³-hybridized carbons (Fsp3) is 0.632. The molecule has 0 aliphatic carbocycles. The first-order chi connectivity index (χ1) is 13.9. The van der Waals surface area contributed by atoms with Crippen LogP contribution in [-0.4, -0.2) is 63.8 Å². The third kappa shape index (κ3) is 6.53. The minimum atomic E-state index is -1.74. The Kier molecular flexibility index (Phi) is 7.73. The number of aliphatic hydroxyl groups excluding tert-OH is 1. The van der Waals surface area contributed by atoms with E-state index in [0.29, 0.717) is 0 Å². The second-order valence-electron chi connectivity index (χ2n) is 7.62. The Bertz CT molecular complexity index is 745. The number of amides is 1. The van der Waals surface area contributed by atoms with E-state index in [-0.39, 0.29) is 6.61 Å². The number of aliphatic hydroxyl groups is 1. The van der Waals surface area contributed by atoms with E-state index >= 15 is 0 Å². The van der Waals surface area contributed by atoms with Crippen molar-refractivity contribution in [1.82, 2.24) is 5.32 Å². The van der Waals surface area contributed by atoms with Crippen molar-refractivity contribution < 1.29 is 28.8 Å². The van der Waals surface area contributed by atoms with Crippen LogP contribution in [0, 0.1) is 6.92 Å². The van der Waals surface area contributed by atoms with Crippen LogP contribution in [0.2, 0.25) is 0 Å². The van der Waals surface area contributed by atoms with E-state index < -0.39 is 52.1 Å². The number of halogens is 3. The van der Waals surface area contributed by atoms with Gasteiger partial charge in [-0.1, -0.05) is 64.3 Å². The lowest BCUT2D eigenvalue weighted by Crippen LogP contribution is -2.67. The largest absolute Gasteiger partial charge is 0.445 e. The Hall–Kier alpha value is -0.450. The zero-order valence-electron chi connectivity index (χ0n) is 16.6. The molecule has 0 spiro atoms. The van der Waals surface area contributed by atoms with Crippen molar-refractivity contribution in [3.63, 3.8) is 0 Å². The highest BCUT2D eigenvalue weighted by atomic mass is 35.6. The third-order valence-electron chi connectivity index (χ3n) is 4.61. The van der Waals surface area contributed by atoms with Gasteiger partial charge in [0.05, 0.1) is 12.6 Å². The van der Waals surface area contributed by atoms with E-state index in [1.807, 2.05) is 31.2 Å². The highest BCUT2D eigenvalue weighted by Gasteiger charge is 2.51. The second kappa shape index (κ2) is 9.58. The number of carbonyl (C=O) groups excluding carboxylic acids is 1. The first-order valence-electron chi connectivity index (χ1n) is 9.32. The zero-order valence-corrected chi connectivity index (χ0v) is 19.7. The highest BCUT2D eigenvalue weighted by Crippen LogP contribution is 2.38. The molecule has 0 bridgehead atoms. The van der Waals surface area contributed by atoms with E-state index in [9.17, 15) is 9.90 Å². The number of carbonyl (C=O) groups is 1. The molecule has 5 atom stereocenters. The molecule has 168 valence electrons. The molecule has 2 heterocycles. The van der Waals surface area contributed by atoms with Gasteiger partial charge in [0, 0.05) is 4.90 Å². The number of alkyl halides is 3. The maximum absolute atomic E-state index is 12.3. The van der Waals surface area contributed by atoms with E-state index in [1.54, 1.807) is 13.8 Å². The number of rotatable bonds is 4. The van der Waals surface area contributed by atoms with Crippen LogP contribution in [0.1, 0.15) is 19.4 Å². The van der Waals surface area contributed by atoms with Gasteiger partial charge >= 0.3 is 6.09 Å². The molecule has 30 heavy (non-hydrogen) atoms. The van der Waals surface area contributed by atoms with Crippen molar-refractivity contribution in [2.45, 2.75) is 65.0 Å². The Morgan fingerprint density at radius 1 is 1.33 bits per heavy atom. The molecular formula is C19H24Cl3NO6S. The van der Waals surface area contributed by atoms with Crippen LogP contribution in [0.25, 0.3) is 0 Å². The molecule has 2 aliphatic heterocycles. The van der Waals surface area contributed by atoms with Crippen molar-refractivity contribution in [2.75, 3.05) is 13.2 Å². The van der Waals surface area contributed by atoms with Crippen molar-refractivity contribution in [1.29, 1.82) is 0 Å². The molecule has 2 N–H and O–H groups in total.